The molecule has 1 aliphatic carbocycles. The van der Waals surface area contributed by atoms with E-state index in [4.69, 9.17) is 16.3 Å². The Morgan fingerprint density at radius 1 is 1.47 bits per heavy atom. The first-order valence-corrected chi connectivity index (χ1v) is 6.20. The second-order valence-electron chi connectivity index (χ2n) is 4.41. The van der Waals surface area contributed by atoms with Crippen molar-refractivity contribution < 1.29 is 9.53 Å². The van der Waals surface area contributed by atoms with Crippen LogP contribution in [0.15, 0.2) is 0 Å². The molecule has 1 heterocycles. The molecule has 0 aromatic carbocycles. The summed E-state index contributed by atoms with van der Waals surface area (Å²) in [6.07, 6.45) is 4.84. The smallest absolute Gasteiger partial charge is 0.240 e. The first-order chi connectivity index (χ1) is 7.20. The van der Waals surface area contributed by atoms with E-state index < -0.39 is 5.38 Å². The van der Waals surface area contributed by atoms with Gasteiger partial charge in [0.25, 0.3) is 0 Å². The fourth-order valence-electron chi connectivity index (χ4n) is 2.60. The Hall–Kier alpha value is -0.280. The lowest BCUT2D eigenvalue weighted by Crippen LogP contribution is -2.56. The molecule has 0 spiro atoms. The molecule has 2 rings (SSSR count). The molecule has 3 unspecified atom stereocenters. The minimum absolute atomic E-state index is 0.0665. The Bertz CT molecular complexity index is 243. The molecule has 1 aliphatic heterocycles. The Kier molecular flexibility index (Phi) is 3.52. The summed E-state index contributed by atoms with van der Waals surface area (Å²) in [5, 5.41) is -0.411. The van der Waals surface area contributed by atoms with Crippen molar-refractivity contribution in [1.82, 2.24) is 4.90 Å². The summed E-state index contributed by atoms with van der Waals surface area (Å²) in [6.45, 7) is 3.12. The van der Waals surface area contributed by atoms with Gasteiger partial charge in [-0.2, -0.15) is 0 Å². The molecule has 2 fully saturated rings. The highest BCUT2D eigenvalue weighted by molar-refractivity contribution is 6.30. The molecule has 0 bridgehead atoms. The Labute approximate surface area is 95.7 Å². The predicted octanol–water partition coefficient (Wildman–Crippen LogP) is 1.78. The van der Waals surface area contributed by atoms with Crippen LogP contribution in [0.5, 0.6) is 0 Å². The van der Waals surface area contributed by atoms with Gasteiger partial charge in [0.2, 0.25) is 5.91 Å². The van der Waals surface area contributed by atoms with Crippen molar-refractivity contribution in [2.24, 2.45) is 0 Å². The zero-order valence-electron chi connectivity index (χ0n) is 9.12. The summed E-state index contributed by atoms with van der Waals surface area (Å²) >= 11 is 5.86. The van der Waals surface area contributed by atoms with E-state index in [1.165, 1.54) is 12.8 Å². The molecule has 86 valence electrons. The number of alkyl halides is 1. The van der Waals surface area contributed by atoms with Crippen molar-refractivity contribution in [3.05, 3.63) is 0 Å². The topological polar surface area (TPSA) is 29.5 Å². The molecule has 0 radical (unpaired) electrons. The van der Waals surface area contributed by atoms with Crippen molar-refractivity contribution in [3.63, 3.8) is 0 Å². The lowest BCUT2D eigenvalue weighted by Gasteiger charge is -2.44. The van der Waals surface area contributed by atoms with Gasteiger partial charge in [-0.05, 0) is 19.8 Å². The van der Waals surface area contributed by atoms with Gasteiger partial charge in [-0.25, -0.2) is 0 Å². The van der Waals surface area contributed by atoms with Crippen molar-refractivity contribution >= 4 is 17.5 Å². The van der Waals surface area contributed by atoms with E-state index in [-0.39, 0.29) is 18.1 Å². The number of amides is 1. The predicted molar refractivity (Wildman–Crippen MR) is 59.0 cm³/mol. The van der Waals surface area contributed by atoms with E-state index in [2.05, 4.69) is 0 Å². The van der Waals surface area contributed by atoms with Crippen LogP contribution in [-0.4, -0.2) is 41.5 Å². The third kappa shape index (κ3) is 2.28. The molecule has 0 aromatic rings. The van der Waals surface area contributed by atoms with E-state index in [0.29, 0.717) is 13.2 Å². The van der Waals surface area contributed by atoms with Crippen LogP contribution in [-0.2, 0) is 9.53 Å². The van der Waals surface area contributed by atoms with Crippen LogP contribution in [0, 0.1) is 0 Å². The van der Waals surface area contributed by atoms with Crippen molar-refractivity contribution in [2.75, 3.05) is 13.2 Å². The molecule has 0 aromatic heterocycles. The average Bonchev–Trinajstić information content (AvgIpc) is 2.27. The second-order valence-corrected chi connectivity index (χ2v) is 5.06. The number of fused-ring (bicyclic) bond motifs is 1. The molecular weight excluding hydrogens is 214 g/mol. The number of hydrogen-bond donors (Lipinski definition) is 0. The van der Waals surface area contributed by atoms with E-state index in [1.807, 2.05) is 4.90 Å². The maximum Gasteiger partial charge on any atom is 0.240 e. The number of halogens is 1. The second kappa shape index (κ2) is 4.71. The highest BCUT2D eigenvalue weighted by Gasteiger charge is 2.37. The van der Waals surface area contributed by atoms with Crippen molar-refractivity contribution in [3.8, 4) is 0 Å². The summed E-state index contributed by atoms with van der Waals surface area (Å²) in [6, 6.07) is 0.279. The van der Waals surface area contributed by atoms with Crippen LogP contribution in [0.2, 0.25) is 0 Å². The Balaban J connectivity index is 2.06. The zero-order valence-corrected chi connectivity index (χ0v) is 9.87. The SMILES string of the molecule is CC(Cl)C(=O)N1CCOC2CCCCC21. The highest BCUT2D eigenvalue weighted by atomic mass is 35.5. The van der Waals surface area contributed by atoms with Gasteiger partial charge >= 0.3 is 0 Å². The third-order valence-corrected chi connectivity index (χ3v) is 3.54. The third-order valence-electron chi connectivity index (χ3n) is 3.36. The molecule has 1 amide bonds. The molecule has 1 saturated carbocycles. The summed E-state index contributed by atoms with van der Waals surface area (Å²) < 4.78 is 5.71. The van der Waals surface area contributed by atoms with Gasteiger partial charge in [0.05, 0.1) is 18.8 Å². The monoisotopic (exact) mass is 231 g/mol. The van der Waals surface area contributed by atoms with Crippen LogP contribution in [0.25, 0.3) is 0 Å². The van der Waals surface area contributed by atoms with Gasteiger partial charge in [0.1, 0.15) is 5.38 Å². The number of rotatable bonds is 1. The number of morpholine rings is 1. The molecule has 15 heavy (non-hydrogen) atoms. The highest BCUT2D eigenvalue weighted by Crippen LogP contribution is 2.29. The van der Waals surface area contributed by atoms with Crippen LogP contribution < -0.4 is 0 Å². The number of hydrogen-bond acceptors (Lipinski definition) is 2. The fourth-order valence-corrected chi connectivity index (χ4v) is 2.72. The Morgan fingerprint density at radius 2 is 2.20 bits per heavy atom. The van der Waals surface area contributed by atoms with Crippen LogP contribution in [0.1, 0.15) is 32.6 Å². The van der Waals surface area contributed by atoms with E-state index in [9.17, 15) is 4.79 Å². The molecule has 3 nitrogen and oxygen atoms in total. The van der Waals surface area contributed by atoms with Crippen LogP contribution >= 0.6 is 11.6 Å². The summed E-state index contributed by atoms with van der Waals surface area (Å²) in [7, 11) is 0. The first-order valence-electron chi connectivity index (χ1n) is 5.76. The van der Waals surface area contributed by atoms with E-state index >= 15 is 0 Å². The quantitative estimate of drug-likeness (QED) is 0.644. The van der Waals surface area contributed by atoms with Gasteiger partial charge in [-0.15, -0.1) is 11.6 Å². The largest absolute Gasteiger partial charge is 0.374 e. The zero-order chi connectivity index (χ0) is 10.8. The summed E-state index contributed by atoms with van der Waals surface area (Å²) in [5.41, 5.74) is 0. The fraction of sp³-hybridized carbons (Fsp3) is 0.909. The molecule has 0 N–H and O–H groups in total. The van der Waals surface area contributed by atoms with Crippen molar-refractivity contribution in [2.45, 2.75) is 50.1 Å². The summed E-state index contributed by atoms with van der Waals surface area (Å²) in [4.78, 5) is 13.8. The Morgan fingerprint density at radius 3 is 2.93 bits per heavy atom. The van der Waals surface area contributed by atoms with Crippen LogP contribution in [0.3, 0.4) is 0 Å². The van der Waals surface area contributed by atoms with Gasteiger partial charge in [-0.1, -0.05) is 12.8 Å². The molecular formula is C11H18ClNO2. The number of nitrogens with zero attached hydrogens (tertiary/aromatic N) is 1. The number of carbonyl (C=O) groups excluding carboxylic acids is 1. The van der Waals surface area contributed by atoms with Crippen LogP contribution in [0.4, 0.5) is 0 Å². The normalized spacial score (nSPS) is 33.3. The minimum Gasteiger partial charge on any atom is -0.374 e. The molecule has 3 atom stereocenters. The average molecular weight is 232 g/mol. The van der Waals surface area contributed by atoms with Gasteiger partial charge < -0.3 is 9.64 Å². The minimum atomic E-state index is -0.411. The molecule has 2 aliphatic rings. The van der Waals surface area contributed by atoms with Gasteiger partial charge in [0, 0.05) is 6.54 Å². The number of carbonyl (C=O) groups is 1. The van der Waals surface area contributed by atoms with Gasteiger partial charge in [0.15, 0.2) is 0 Å². The maximum absolute atomic E-state index is 11.9. The van der Waals surface area contributed by atoms with E-state index in [1.54, 1.807) is 6.92 Å². The maximum atomic E-state index is 11.9. The lowest BCUT2D eigenvalue weighted by atomic mass is 9.90. The van der Waals surface area contributed by atoms with E-state index in [0.717, 1.165) is 12.8 Å². The van der Waals surface area contributed by atoms with Gasteiger partial charge in [-0.3, -0.25) is 4.79 Å². The standard InChI is InChI=1S/C11H18ClNO2/c1-8(12)11(14)13-6-7-15-10-5-3-2-4-9(10)13/h8-10H,2-7H2,1H3. The summed E-state index contributed by atoms with van der Waals surface area (Å²) in [5.74, 6) is 0.0665. The van der Waals surface area contributed by atoms with Crippen molar-refractivity contribution in [1.29, 1.82) is 0 Å². The molecule has 4 heteroatoms. The first kappa shape index (κ1) is 11.2. The lowest BCUT2D eigenvalue weighted by molar-refractivity contribution is -0.148. The molecule has 1 saturated heterocycles. The number of ether oxygens (including phenoxy) is 1.